The lowest BCUT2D eigenvalue weighted by Gasteiger charge is -2.38. The molecule has 2 heterocycles. The zero-order valence-electron chi connectivity index (χ0n) is 19.3. The van der Waals surface area contributed by atoms with Gasteiger partial charge in [-0.15, -0.1) is 24.0 Å². The van der Waals surface area contributed by atoms with Crippen LogP contribution in [-0.2, 0) is 10.2 Å². The molecular weight excluding hydrogens is 511 g/mol. The molecule has 0 saturated carbocycles. The molecule has 1 atom stereocenters. The lowest BCUT2D eigenvalue weighted by molar-refractivity contribution is 0.0513. The molecule has 5 nitrogen and oxygen atoms in total. The van der Waals surface area contributed by atoms with E-state index in [1.54, 1.807) is 0 Å². The number of halogens is 1. The number of hydrogen-bond acceptors (Lipinski definition) is 3. The first-order chi connectivity index (χ1) is 15.2. The molecule has 4 rings (SSSR count). The monoisotopic (exact) mass is 548 g/mol. The van der Waals surface area contributed by atoms with Gasteiger partial charge in [-0.3, -0.25) is 4.99 Å². The van der Waals surface area contributed by atoms with Gasteiger partial charge < -0.3 is 20.3 Å². The molecule has 6 heteroatoms. The van der Waals surface area contributed by atoms with Gasteiger partial charge in [0.05, 0.1) is 6.04 Å². The van der Waals surface area contributed by atoms with Crippen molar-refractivity contribution in [1.29, 1.82) is 0 Å². The quantitative estimate of drug-likeness (QED) is 0.307. The first-order valence-corrected chi connectivity index (χ1v) is 11.7. The number of aliphatic imine (C=N–C) groups is 1. The average Bonchev–Trinajstić information content (AvgIpc) is 3.38. The fourth-order valence-electron chi connectivity index (χ4n) is 4.82. The van der Waals surface area contributed by atoms with E-state index in [4.69, 9.17) is 4.74 Å². The van der Waals surface area contributed by atoms with E-state index in [1.165, 1.54) is 42.7 Å². The minimum absolute atomic E-state index is 0. The second-order valence-corrected chi connectivity index (χ2v) is 8.84. The third kappa shape index (κ3) is 5.95. The van der Waals surface area contributed by atoms with Gasteiger partial charge in [0.1, 0.15) is 0 Å². The van der Waals surface area contributed by atoms with Gasteiger partial charge in [0.2, 0.25) is 0 Å². The number of nitrogens with one attached hydrogen (secondary N) is 2. The molecule has 32 heavy (non-hydrogen) atoms. The standard InChI is InChI=1S/C26H36N4O.HI/c1-21(22-9-8-12-24(19-22)30-15-6-7-16-30)29-25(27-2)28-20-26(13-17-31-18-14-26)23-10-4-3-5-11-23;/h3-5,8-12,19,21H,6-7,13-18,20H2,1-2H3,(H2,27,28,29);1H. The maximum atomic E-state index is 5.68. The molecule has 2 aromatic carbocycles. The summed E-state index contributed by atoms with van der Waals surface area (Å²) >= 11 is 0. The predicted octanol–water partition coefficient (Wildman–Crippen LogP) is 4.88. The van der Waals surface area contributed by atoms with Gasteiger partial charge in [0.25, 0.3) is 0 Å². The Bertz CT molecular complexity index is 861. The lowest BCUT2D eigenvalue weighted by Crippen LogP contribution is -2.48. The normalized spacial score (nSPS) is 19.2. The van der Waals surface area contributed by atoms with E-state index in [2.05, 4.69) is 82.0 Å². The van der Waals surface area contributed by atoms with Crippen molar-refractivity contribution in [3.8, 4) is 0 Å². The van der Waals surface area contributed by atoms with Crippen molar-refractivity contribution in [3.63, 3.8) is 0 Å². The molecule has 0 aromatic heterocycles. The molecule has 0 amide bonds. The summed E-state index contributed by atoms with van der Waals surface area (Å²) < 4.78 is 5.68. The van der Waals surface area contributed by atoms with Gasteiger partial charge >= 0.3 is 0 Å². The Kier molecular flexibility index (Phi) is 9.22. The highest BCUT2D eigenvalue weighted by Gasteiger charge is 2.34. The summed E-state index contributed by atoms with van der Waals surface area (Å²) in [6.07, 6.45) is 4.63. The number of guanidine groups is 1. The van der Waals surface area contributed by atoms with Crippen molar-refractivity contribution in [3.05, 3.63) is 65.7 Å². The largest absolute Gasteiger partial charge is 0.381 e. The molecule has 2 aliphatic heterocycles. The second-order valence-electron chi connectivity index (χ2n) is 8.84. The smallest absolute Gasteiger partial charge is 0.191 e. The van der Waals surface area contributed by atoms with Crippen molar-refractivity contribution in [2.24, 2.45) is 4.99 Å². The van der Waals surface area contributed by atoms with Gasteiger partial charge in [-0.25, -0.2) is 0 Å². The number of hydrogen-bond donors (Lipinski definition) is 2. The summed E-state index contributed by atoms with van der Waals surface area (Å²) in [5.41, 5.74) is 4.08. The number of anilines is 1. The van der Waals surface area contributed by atoms with Crippen LogP contribution < -0.4 is 15.5 Å². The van der Waals surface area contributed by atoms with Crippen molar-refractivity contribution in [1.82, 2.24) is 10.6 Å². The fourth-order valence-corrected chi connectivity index (χ4v) is 4.82. The third-order valence-electron chi connectivity index (χ3n) is 6.85. The number of benzene rings is 2. The van der Waals surface area contributed by atoms with Gasteiger partial charge in [0.15, 0.2) is 5.96 Å². The lowest BCUT2D eigenvalue weighted by atomic mass is 9.74. The Morgan fingerprint density at radius 1 is 1.06 bits per heavy atom. The minimum atomic E-state index is 0. The van der Waals surface area contributed by atoms with E-state index >= 15 is 0 Å². The van der Waals surface area contributed by atoms with Crippen LogP contribution in [0.25, 0.3) is 0 Å². The van der Waals surface area contributed by atoms with Gasteiger partial charge in [-0.1, -0.05) is 42.5 Å². The third-order valence-corrected chi connectivity index (χ3v) is 6.85. The molecule has 2 fully saturated rings. The highest BCUT2D eigenvalue weighted by Crippen LogP contribution is 2.34. The van der Waals surface area contributed by atoms with Crippen LogP contribution in [-0.4, -0.2) is 45.9 Å². The summed E-state index contributed by atoms with van der Waals surface area (Å²) in [6.45, 7) is 7.00. The van der Waals surface area contributed by atoms with Crippen LogP contribution in [0.3, 0.4) is 0 Å². The summed E-state index contributed by atoms with van der Waals surface area (Å²) in [5, 5.41) is 7.22. The molecule has 2 N–H and O–H groups in total. The Morgan fingerprint density at radius 2 is 1.78 bits per heavy atom. The van der Waals surface area contributed by atoms with Crippen LogP contribution in [0.15, 0.2) is 59.6 Å². The van der Waals surface area contributed by atoms with Crippen LogP contribution in [0.2, 0.25) is 0 Å². The average molecular weight is 549 g/mol. The van der Waals surface area contributed by atoms with Gasteiger partial charge in [-0.05, 0) is 55.9 Å². The maximum Gasteiger partial charge on any atom is 0.191 e. The number of nitrogens with zero attached hydrogens (tertiary/aromatic N) is 2. The molecule has 174 valence electrons. The van der Waals surface area contributed by atoms with Crippen molar-refractivity contribution >= 4 is 35.6 Å². The molecule has 0 radical (unpaired) electrons. The first kappa shape index (κ1) is 24.8. The van der Waals surface area contributed by atoms with Crippen molar-refractivity contribution < 1.29 is 4.74 Å². The second kappa shape index (κ2) is 11.9. The summed E-state index contributed by atoms with van der Waals surface area (Å²) in [6, 6.07) is 19.9. The van der Waals surface area contributed by atoms with Crippen molar-refractivity contribution in [2.75, 3.05) is 44.8 Å². The van der Waals surface area contributed by atoms with Crippen LogP contribution in [0.5, 0.6) is 0 Å². The Hall–Kier alpha value is -1.80. The highest BCUT2D eigenvalue weighted by atomic mass is 127. The van der Waals surface area contributed by atoms with E-state index in [0.29, 0.717) is 0 Å². The van der Waals surface area contributed by atoms with Gasteiger partial charge in [0, 0.05) is 51.0 Å². The van der Waals surface area contributed by atoms with Gasteiger partial charge in [-0.2, -0.15) is 0 Å². The van der Waals surface area contributed by atoms with Crippen LogP contribution >= 0.6 is 24.0 Å². The topological polar surface area (TPSA) is 48.9 Å². The van der Waals surface area contributed by atoms with E-state index in [-0.39, 0.29) is 35.4 Å². The molecular formula is C26H37IN4O. The molecule has 1 unspecified atom stereocenters. The Balaban J connectivity index is 0.00000289. The molecule has 0 aliphatic carbocycles. The van der Waals surface area contributed by atoms with E-state index in [0.717, 1.165) is 38.6 Å². The van der Waals surface area contributed by atoms with Crippen molar-refractivity contribution in [2.45, 2.75) is 44.1 Å². The molecule has 0 bridgehead atoms. The van der Waals surface area contributed by atoms with E-state index in [1.807, 2.05) is 7.05 Å². The van der Waals surface area contributed by atoms with E-state index in [9.17, 15) is 0 Å². The number of rotatable bonds is 6. The molecule has 2 saturated heterocycles. The van der Waals surface area contributed by atoms with Crippen LogP contribution in [0.4, 0.5) is 5.69 Å². The molecule has 2 aromatic rings. The summed E-state index contributed by atoms with van der Waals surface area (Å²) in [7, 11) is 1.85. The minimum Gasteiger partial charge on any atom is -0.381 e. The maximum absolute atomic E-state index is 5.68. The zero-order valence-corrected chi connectivity index (χ0v) is 21.7. The number of ether oxygens (including phenoxy) is 1. The first-order valence-electron chi connectivity index (χ1n) is 11.7. The molecule has 2 aliphatic rings. The Morgan fingerprint density at radius 3 is 2.47 bits per heavy atom. The summed E-state index contributed by atoms with van der Waals surface area (Å²) in [4.78, 5) is 7.00. The highest BCUT2D eigenvalue weighted by molar-refractivity contribution is 14.0. The van der Waals surface area contributed by atoms with Crippen LogP contribution in [0.1, 0.15) is 49.8 Å². The van der Waals surface area contributed by atoms with E-state index < -0.39 is 0 Å². The van der Waals surface area contributed by atoms with Crippen LogP contribution in [0, 0.1) is 0 Å². The molecule has 0 spiro atoms. The fraction of sp³-hybridized carbons (Fsp3) is 0.500. The SMILES string of the molecule is CN=C(NCC1(c2ccccc2)CCOCC1)NC(C)c1cccc(N2CCCC2)c1.I. The summed E-state index contributed by atoms with van der Waals surface area (Å²) in [5.74, 6) is 0.848. The zero-order chi connectivity index (χ0) is 21.5. The predicted molar refractivity (Wildman–Crippen MR) is 144 cm³/mol. The Labute approximate surface area is 210 Å².